The summed E-state index contributed by atoms with van der Waals surface area (Å²) in [5, 5.41) is 13.5. The lowest BCUT2D eigenvalue weighted by Crippen LogP contribution is -2.53. The summed E-state index contributed by atoms with van der Waals surface area (Å²) >= 11 is 0. The summed E-state index contributed by atoms with van der Waals surface area (Å²) in [4.78, 5) is 14.2. The SMILES string of the molecule is COC1(CNC(=O)N2CCC(C(O)c3ccccc3)CC2)CCC1. The molecule has 2 amide bonds. The number of aliphatic hydroxyl groups is 1. The second-order valence-electron chi connectivity index (χ2n) is 7.08. The van der Waals surface area contributed by atoms with E-state index in [-0.39, 0.29) is 17.6 Å². The van der Waals surface area contributed by atoms with E-state index < -0.39 is 6.10 Å². The normalized spacial score (nSPS) is 21.8. The molecule has 2 aliphatic rings. The molecule has 2 N–H and O–H groups in total. The summed E-state index contributed by atoms with van der Waals surface area (Å²) in [6.07, 6.45) is 4.44. The molecule has 1 heterocycles. The van der Waals surface area contributed by atoms with E-state index in [1.165, 1.54) is 6.42 Å². The maximum absolute atomic E-state index is 12.3. The second kappa shape index (κ2) is 7.53. The Morgan fingerprint density at radius 2 is 2.00 bits per heavy atom. The fourth-order valence-electron chi connectivity index (χ4n) is 3.71. The number of nitrogens with zero attached hydrogens (tertiary/aromatic N) is 1. The Labute approximate surface area is 144 Å². The van der Waals surface area contributed by atoms with Crippen molar-refractivity contribution in [1.29, 1.82) is 0 Å². The van der Waals surface area contributed by atoms with Gasteiger partial charge >= 0.3 is 6.03 Å². The van der Waals surface area contributed by atoms with Crippen LogP contribution in [0.25, 0.3) is 0 Å². The number of aliphatic hydroxyl groups excluding tert-OH is 1. The van der Waals surface area contributed by atoms with Crippen molar-refractivity contribution in [2.24, 2.45) is 5.92 Å². The van der Waals surface area contributed by atoms with E-state index in [1.54, 1.807) is 7.11 Å². The highest BCUT2D eigenvalue weighted by Gasteiger charge is 2.38. The molecule has 1 atom stereocenters. The van der Waals surface area contributed by atoms with Gasteiger partial charge in [-0.15, -0.1) is 0 Å². The first-order valence-corrected chi connectivity index (χ1v) is 8.94. The molecule has 1 saturated carbocycles. The summed E-state index contributed by atoms with van der Waals surface area (Å²) in [5.74, 6) is 0.216. The van der Waals surface area contributed by atoms with Gasteiger partial charge in [-0.25, -0.2) is 4.79 Å². The Balaban J connectivity index is 1.45. The number of carbonyl (C=O) groups is 1. The molecule has 0 aromatic heterocycles. The average molecular weight is 332 g/mol. The zero-order chi connectivity index (χ0) is 17.0. The van der Waals surface area contributed by atoms with Gasteiger partial charge in [-0.2, -0.15) is 0 Å². The van der Waals surface area contributed by atoms with E-state index in [4.69, 9.17) is 4.74 Å². The number of nitrogens with one attached hydrogen (secondary N) is 1. The monoisotopic (exact) mass is 332 g/mol. The van der Waals surface area contributed by atoms with Crippen LogP contribution in [0.4, 0.5) is 4.79 Å². The maximum Gasteiger partial charge on any atom is 0.317 e. The first-order chi connectivity index (χ1) is 11.6. The summed E-state index contributed by atoms with van der Waals surface area (Å²) in [6.45, 7) is 1.98. The molecule has 1 aliphatic heterocycles. The molecule has 1 aliphatic carbocycles. The average Bonchev–Trinajstić information content (AvgIpc) is 2.61. The second-order valence-corrected chi connectivity index (χ2v) is 7.08. The zero-order valence-corrected chi connectivity index (χ0v) is 14.4. The van der Waals surface area contributed by atoms with E-state index in [1.807, 2.05) is 35.2 Å². The number of piperidine rings is 1. The van der Waals surface area contributed by atoms with Gasteiger partial charge in [0.05, 0.1) is 11.7 Å². The van der Waals surface area contributed by atoms with Crippen LogP contribution in [0.15, 0.2) is 30.3 Å². The molecule has 0 bridgehead atoms. The Kier molecular flexibility index (Phi) is 5.41. The van der Waals surface area contributed by atoms with Crippen LogP contribution < -0.4 is 5.32 Å². The van der Waals surface area contributed by atoms with Gasteiger partial charge in [-0.05, 0) is 43.6 Å². The minimum atomic E-state index is -0.442. The molecule has 1 aromatic rings. The van der Waals surface area contributed by atoms with Crippen LogP contribution in [-0.4, -0.2) is 48.4 Å². The number of carbonyl (C=O) groups excluding carboxylic acids is 1. The summed E-state index contributed by atoms with van der Waals surface area (Å²) in [7, 11) is 1.72. The minimum Gasteiger partial charge on any atom is -0.388 e. The topological polar surface area (TPSA) is 61.8 Å². The van der Waals surface area contributed by atoms with E-state index in [0.29, 0.717) is 19.6 Å². The largest absolute Gasteiger partial charge is 0.388 e. The van der Waals surface area contributed by atoms with Crippen molar-refractivity contribution in [3.63, 3.8) is 0 Å². The van der Waals surface area contributed by atoms with Crippen LogP contribution in [0.2, 0.25) is 0 Å². The molecule has 132 valence electrons. The molecule has 1 unspecified atom stereocenters. The molecule has 24 heavy (non-hydrogen) atoms. The van der Waals surface area contributed by atoms with Gasteiger partial charge < -0.3 is 20.1 Å². The number of benzene rings is 1. The molecule has 1 saturated heterocycles. The van der Waals surface area contributed by atoms with E-state index in [9.17, 15) is 9.90 Å². The Hall–Kier alpha value is -1.59. The van der Waals surface area contributed by atoms with Crippen LogP contribution in [0, 0.1) is 5.92 Å². The molecule has 5 heteroatoms. The molecule has 0 radical (unpaired) electrons. The quantitative estimate of drug-likeness (QED) is 0.871. The smallest absolute Gasteiger partial charge is 0.317 e. The number of amides is 2. The third-order valence-electron chi connectivity index (χ3n) is 5.67. The van der Waals surface area contributed by atoms with Gasteiger partial charge in [0.2, 0.25) is 0 Å². The Morgan fingerprint density at radius 3 is 2.54 bits per heavy atom. The van der Waals surface area contributed by atoms with Crippen molar-refractivity contribution in [2.75, 3.05) is 26.7 Å². The van der Waals surface area contributed by atoms with Crippen LogP contribution in [0.1, 0.15) is 43.8 Å². The van der Waals surface area contributed by atoms with Gasteiger partial charge in [-0.1, -0.05) is 30.3 Å². The molecule has 3 rings (SSSR count). The highest BCUT2D eigenvalue weighted by atomic mass is 16.5. The van der Waals surface area contributed by atoms with Gasteiger partial charge in [0.25, 0.3) is 0 Å². The lowest BCUT2D eigenvalue weighted by molar-refractivity contribution is -0.0680. The lowest BCUT2D eigenvalue weighted by atomic mass is 9.80. The van der Waals surface area contributed by atoms with Crippen LogP contribution in [-0.2, 0) is 4.74 Å². The molecule has 1 aromatic carbocycles. The van der Waals surface area contributed by atoms with E-state index in [2.05, 4.69) is 5.32 Å². The number of ether oxygens (including phenoxy) is 1. The fraction of sp³-hybridized carbons (Fsp3) is 0.632. The Bertz CT molecular complexity index is 531. The summed E-state index contributed by atoms with van der Waals surface area (Å²) in [5.41, 5.74) is 0.824. The highest BCUT2D eigenvalue weighted by molar-refractivity contribution is 5.74. The van der Waals surface area contributed by atoms with Gasteiger partial charge in [-0.3, -0.25) is 0 Å². The van der Waals surface area contributed by atoms with Gasteiger partial charge in [0.15, 0.2) is 0 Å². The van der Waals surface area contributed by atoms with Crippen molar-refractivity contribution < 1.29 is 14.6 Å². The van der Waals surface area contributed by atoms with Crippen molar-refractivity contribution in [3.8, 4) is 0 Å². The van der Waals surface area contributed by atoms with E-state index in [0.717, 1.165) is 31.2 Å². The molecule has 0 spiro atoms. The number of methoxy groups -OCH3 is 1. The lowest BCUT2D eigenvalue weighted by Gasteiger charge is -2.41. The van der Waals surface area contributed by atoms with Crippen LogP contribution in [0.5, 0.6) is 0 Å². The number of likely N-dealkylation sites (tertiary alicyclic amines) is 1. The zero-order valence-electron chi connectivity index (χ0n) is 14.4. The predicted molar refractivity (Wildman–Crippen MR) is 92.7 cm³/mol. The standard InChI is InChI=1S/C19H28N2O3/c1-24-19(10-5-11-19)14-20-18(23)21-12-8-16(9-13-21)17(22)15-6-3-2-4-7-15/h2-4,6-7,16-17,22H,5,8-14H2,1H3,(H,20,23). The molecular weight excluding hydrogens is 304 g/mol. The van der Waals surface area contributed by atoms with Crippen molar-refractivity contribution in [1.82, 2.24) is 10.2 Å². The predicted octanol–water partition coefficient (Wildman–Crippen LogP) is 2.71. The Morgan fingerprint density at radius 1 is 1.33 bits per heavy atom. The van der Waals surface area contributed by atoms with Crippen LogP contribution in [0.3, 0.4) is 0 Å². The number of urea groups is 1. The third-order valence-corrected chi connectivity index (χ3v) is 5.67. The van der Waals surface area contributed by atoms with Gasteiger partial charge in [0, 0.05) is 26.7 Å². The molecule has 5 nitrogen and oxygen atoms in total. The third kappa shape index (κ3) is 3.73. The molecule has 2 fully saturated rings. The van der Waals surface area contributed by atoms with Gasteiger partial charge in [0.1, 0.15) is 0 Å². The number of hydrogen-bond donors (Lipinski definition) is 2. The fourth-order valence-corrected chi connectivity index (χ4v) is 3.71. The number of rotatable bonds is 5. The summed E-state index contributed by atoms with van der Waals surface area (Å²) in [6, 6.07) is 9.78. The van der Waals surface area contributed by atoms with Crippen molar-refractivity contribution in [2.45, 2.75) is 43.8 Å². The first kappa shape index (κ1) is 17.2. The summed E-state index contributed by atoms with van der Waals surface area (Å²) < 4.78 is 5.54. The molecular formula is C19H28N2O3. The van der Waals surface area contributed by atoms with E-state index >= 15 is 0 Å². The first-order valence-electron chi connectivity index (χ1n) is 8.94. The van der Waals surface area contributed by atoms with Crippen LogP contribution >= 0.6 is 0 Å². The van der Waals surface area contributed by atoms with Crippen molar-refractivity contribution >= 4 is 6.03 Å². The highest BCUT2D eigenvalue weighted by Crippen LogP contribution is 2.34. The maximum atomic E-state index is 12.3. The number of hydrogen-bond acceptors (Lipinski definition) is 3. The minimum absolute atomic E-state index is 0.00836. The van der Waals surface area contributed by atoms with Crippen molar-refractivity contribution in [3.05, 3.63) is 35.9 Å².